The van der Waals surface area contributed by atoms with Crippen LogP contribution >= 0.6 is 0 Å². The molecule has 0 unspecified atom stereocenters. The monoisotopic (exact) mass is 174 g/mol. The standard InChI is InChI=1S/C10H10N2O/c11-7-8-1-3-9(4-2-8)10-5-6-12(10)13/h1-6H,7,11H2. The Morgan fingerprint density at radius 1 is 1.23 bits per heavy atom. The van der Waals surface area contributed by atoms with E-state index in [1.165, 1.54) is 6.20 Å². The molecule has 0 amide bonds. The molecule has 1 aromatic carbocycles. The van der Waals surface area contributed by atoms with Gasteiger partial charge in [-0.2, -0.15) is 4.74 Å². The second kappa shape index (κ2) is 3.03. The summed E-state index contributed by atoms with van der Waals surface area (Å²) in [4.78, 5) is 0. The summed E-state index contributed by atoms with van der Waals surface area (Å²) >= 11 is 0. The van der Waals surface area contributed by atoms with Gasteiger partial charge in [-0.05, 0) is 17.7 Å². The van der Waals surface area contributed by atoms with Gasteiger partial charge in [-0.15, -0.1) is 0 Å². The highest BCUT2D eigenvalue weighted by Gasteiger charge is 2.15. The molecule has 0 atom stereocenters. The van der Waals surface area contributed by atoms with Gasteiger partial charge in [0.2, 0.25) is 5.71 Å². The van der Waals surface area contributed by atoms with Crippen molar-refractivity contribution in [2.24, 2.45) is 5.73 Å². The van der Waals surface area contributed by atoms with E-state index < -0.39 is 0 Å². The largest absolute Gasteiger partial charge is 0.618 e. The summed E-state index contributed by atoms with van der Waals surface area (Å²) in [6.07, 6.45) is 3.29. The van der Waals surface area contributed by atoms with Crippen molar-refractivity contribution in [2.45, 2.75) is 6.54 Å². The van der Waals surface area contributed by atoms with Crippen LogP contribution in [-0.4, -0.2) is 10.5 Å². The number of hydrogen-bond acceptors (Lipinski definition) is 2. The van der Waals surface area contributed by atoms with Crippen LogP contribution in [0.1, 0.15) is 11.1 Å². The number of nitrogens with two attached hydrogens (primary N) is 1. The van der Waals surface area contributed by atoms with Crippen LogP contribution in [0.5, 0.6) is 0 Å². The van der Waals surface area contributed by atoms with E-state index in [0.717, 1.165) is 15.9 Å². The van der Waals surface area contributed by atoms with Crippen molar-refractivity contribution in [3.8, 4) is 0 Å². The first kappa shape index (κ1) is 8.01. The van der Waals surface area contributed by atoms with E-state index in [0.29, 0.717) is 12.3 Å². The average molecular weight is 174 g/mol. The second-order valence-electron chi connectivity index (χ2n) is 2.93. The molecular weight excluding hydrogens is 164 g/mol. The fourth-order valence-corrected chi connectivity index (χ4v) is 1.24. The number of nitrogens with zero attached hydrogens (tertiary/aromatic N) is 1. The Morgan fingerprint density at radius 3 is 2.31 bits per heavy atom. The van der Waals surface area contributed by atoms with E-state index in [2.05, 4.69) is 0 Å². The van der Waals surface area contributed by atoms with Crippen LogP contribution in [0.15, 0.2) is 36.5 Å². The second-order valence-corrected chi connectivity index (χ2v) is 2.93. The maximum absolute atomic E-state index is 11.0. The predicted molar refractivity (Wildman–Crippen MR) is 51.2 cm³/mol. The minimum Gasteiger partial charge on any atom is -0.618 e. The lowest BCUT2D eigenvalue weighted by molar-refractivity contribution is -0.388. The van der Waals surface area contributed by atoms with E-state index in [1.54, 1.807) is 6.08 Å². The highest BCUT2D eigenvalue weighted by atomic mass is 16.5. The van der Waals surface area contributed by atoms with Crippen LogP contribution in [0.4, 0.5) is 0 Å². The summed E-state index contributed by atoms with van der Waals surface area (Å²) in [5, 5.41) is 11.0. The van der Waals surface area contributed by atoms with Gasteiger partial charge in [0.25, 0.3) is 0 Å². The van der Waals surface area contributed by atoms with Gasteiger partial charge in [0.15, 0.2) is 6.20 Å². The Labute approximate surface area is 76.4 Å². The number of benzene rings is 1. The summed E-state index contributed by atoms with van der Waals surface area (Å²) in [6.45, 7) is 0.534. The third kappa shape index (κ3) is 1.34. The first-order chi connectivity index (χ1) is 6.31. The molecule has 66 valence electrons. The number of rotatable bonds is 2. The molecule has 2 N–H and O–H groups in total. The SMILES string of the molecule is NCc1ccc(C2=[N+]([O-])C=C2)cc1. The lowest BCUT2D eigenvalue weighted by Gasteiger charge is -2.09. The summed E-state index contributed by atoms with van der Waals surface area (Å²) in [6, 6.07) is 7.68. The highest BCUT2D eigenvalue weighted by Crippen LogP contribution is 2.10. The molecule has 0 saturated carbocycles. The lowest BCUT2D eigenvalue weighted by Crippen LogP contribution is -2.17. The Balaban J connectivity index is 2.29. The first-order valence-electron chi connectivity index (χ1n) is 4.12. The fourth-order valence-electron chi connectivity index (χ4n) is 1.24. The van der Waals surface area contributed by atoms with Crippen LogP contribution in [0, 0.1) is 5.21 Å². The number of hydrogen-bond donors (Lipinski definition) is 1. The molecule has 1 aliphatic heterocycles. The van der Waals surface area contributed by atoms with Crippen molar-refractivity contribution in [2.75, 3.05) is 0 Å². The minimum absolute atomic E-state index is 0.534. The molecule has 0 aliphatic carbocycles. The maximum Gasteiger partial charge on any atom is 0.229 e. The van der Waals surface area contributed by atoms with Crippen molar-refractivity contribution in [1.82, 2.24) is 0 Å². The van der Waals surface area contributed by atoms with Crippen molar-refractivity contribution in [3.63, 3.8) is 0 Å². The smallest absolute Gasteiger partial charge is 0.229 e. The van der Waals surface area contributed by atoms with Gasteiger partial charge in [-0.3, -0.25) is 0 Å². The quantitative estimate of drug-likeness (QED) is 0.536. The summed E-state index contributed by atoms with van der Waals surface area (Å²) in [5.41, 5.74) is 8.18. The van der Waals surface area contributed by atoms with Gasteiger partial charge in [-0.25, -0.2) is 0 Å². The summed E-state index contributed by atoms with van der Waals surface area (Å²) in [5.74, 6) is 0. The molecule has 0 bridgehead atoms. The van der Waals surface area contributed by atoms with Crippen LogP contribution < -0.4 is 5.73 Å². The number of hydroxylamine groups is 1. The summed E-state index contributed by atoms with van der Waals surface area (Å²) in [7, 11) is 0. The zero-order valence-corrected chi connectivity index (χ0v) is 7.10. The van der Waals surface area contributed by atoms with Gasteiger partial charge in [0, 0.05) is 12.1 Å². The molecule has 0 spiro atoms. The maximum atomic E-state index is 11.0. The van der Waals surface area contributed by atoms with Crippen molar-refractivity contribution >= 4 is 5.71 Å². The van der Waals surface area contributed by atoms with Crippen molar-refractivity contribution in [3.05, 3.63) is 52.9 Å². The van der Waals surface area contributed by atoms with Gasteiger partial charge in [-0.1, -0.05) is 12.1 Å². The van der Waals surface area contributed by atoms with Gasteiger partial charge in [0.1, 0.15) is 0 Å². The van der Waals surface area contributed by atoms with Crippen LogP contribution in [-0.2, 0) is 6.54 Å². The highest BCUT2D eigenvalue weighted by molar-refractivity contribution is 6.07. The third-order valence-electron chi connectivity index (χ3n) is 2.09. The average Bonchev–Trinajstić information content (AvgIpc) is 2.17. The van der Waals surface area contributed by atoms with Crippen LogP contribution in [0.3, 0.4) is 0 Å². The molecule has 3 nitrogen and oxygen atoms in total. The molecule has 1 heterocycles. The normalized spacial score (nSPS) is 14.5. The molecule has 3 heteroatoms. The molecule has 0 aromatic heterocycles. The molecule has 13 heavy (non-hydrogen) atoms. The molecule has 0 saturated heterocycles. The van der Waals surface area contributed by atoms with E-state index in [-0.39, 0.29) is 0 Å². The van der Waals surface area contributed by atoms with E-state index in [9.17, 15) is 5.21 Å². The van der Waals surface area contributed by atoms with E-state index in [4.69, 9.17) is 5.73 Å². The minimum atomic E-state index is 0.534. The molecule has 0 fully saturated rings. The van der Waals surface area contributed by atoms with Gasteiger partial charge < -0.3 is 10.9 Å². The topological polar surface area (TPSA) is 52.1 Å². The zero-order chi connectivity index (χ0) is 9.26. The molecule has 0 radical (unpaired) electrons. The van der Waals surface area contributed by atoms with Gasteiger partial charge >= 0.3 is 0 Å². The predicted octanol–water partition coefficient (Wildman–Crippen LogP) is 0.972. The summed E-state index contributed by atoms with van der Waals surface area (Å²) < 4.78 is 0.859. The van der Waals surface area contributed by atoms with E-state index >= 15 is 0 Å². The van der Waals surface area contributed by atoms with Crippen LogP contribution in [0.25, 0.3) is 0 Å². The Kier molecular flexibility index (Phi) is 1.87. The van der Waals surface area contributed by atoms with Crippen molar-refractivity contribution in [1.29, 1.82) is 0 Å². The van der Waals surface area contributed by atoms with Crippen molar-refractivity contribution < 1.29 is 4.74 Å². The van der Waals surface area contributed by atoms with Crippen LogP contribution in [0.2, 0.25) is 0 Å². The Hall–Kier alpha value is -1.61. The van der Waals surface area contributed by atoms with Gasteiger partial charge in [0.05, 0.1) is 6.08 Å². The third-order valence-corrected chi connectivity index (χ3v) is 2.09. The zero-order valence-electron chi connectivity index (χ0n) is 7.10. The molecule has 2 rings (SSSR count). The Bertz CT molecular complexity index is 376. The number of allylic oxidation sites excluding steroid dienone is 1. The molecular formula is C10H10N2O. The fraction of sp³-hybridized carbons (Fsp3) is 0.100. The lowest BCUT2D eigenvalue weighted by atomic mass is 10.1. The first-order valence-corrected chi connectivity index (χ1v) is 4.12. The molecule has 1 aromatic rings. The van der Waals surface area contributed by atoms with E-state index in [1.807, 2.05) is 24.3 Å². The Morgan fingerprint density at radius 2 is 1.92 bits per heavy atom. The molecule has 1 aliphatic rings.